The summed E-state index contributed by atoms with van der Waals surface area (Å²) >= 11 is 0. The predicted octanol–water partition coefficient (Wildman–Crippen LogP) is 3.38. The van der Waals surface area contributed by atoms with E-state index in [2.05, 4.69) is 10.3 Å². The van der Waals surface area contributed by atoms with Gasteiger partial charge in [0.05, 0.1) is 0 Å². The van der Waals surface area contributed by atoms with Crippen molar-refractivity contribution in [2.45, 2.75) is 63.6 Å². The van der Waals surface area contributed by atoms with E-state index in [1.54, 1.807) is 4.90 Å². The smallest absolute Gasteiger partial charge is 0.329 e. The minimum atomic E-state index is -0.530. The molecular formula is C20H25N3O4. The number of hydrogen-bond acceptors (Lipinski definition) is 5. The monoisotopic (exact) mass is 371 g/mol. The van der Waals surface area contributed by atoms with E-state index in [0.717, 1.165) is 37.6 Å². The molecule has 1 aromatic carbocycles. The molecule has 1 aromatic heterocycles. The van der Waals surface area contributed by atoms with Crippen LogP contribution in [0.25, 0.3) is 11.1 Å². The van der Waals surface area contributed by atoms with Crippen molar-refractivity contribution in [1.29, 1.82) is 0 Å². The number of ether oxygens (including phenoxy) is 1. The number of nitrogens with one attached hydrogen (secondary N) is 1. The molecule has 1 atom stereocenters. The molecule has 27 heavy (non-hydrogen) atoms. The first-order chi connectivity index (χ1) is 13.2. The lowest BCUT2D eigenvalue weighted by atomic mass is 9.96. The lowest BCUT2D eigenvalue weighted by Crippen LogP contribution is -2.49. The highest BCUT2D eigenvalue weighted by atomic mass is 16.5. The molecule has 0 bridgehead atoms. The molecule has 2 aliphatic rings. The molecule has 1 saturated heterocycles. The molecule has 4 rings (SSSR count). The number of hydrogen-bond donors (Lipinski definition) is 1. The Bertz CT molecular complexity index is 779. The summed E-state index contributed by atoms with van der Waals surface area (Å²) in [7, 11) is 0. The van der Waals surface area contributed by atoms with Crippen molar-refractivity contribution in [2.75, 3.05) is 6.54 Å². The van der Waals surface area contributed by atoms with E-state index in [1.165, 1.54) is 6.42 Å². The second kappa shape index (κ2) is 7.98. The molecule has 2 amide bonds. The minimum Gasteiger partial charge on any atom is -0.454 e. The van der Waals surface area contributed by atoms with Gasteiger partial charge in [0.25, 0.3) is 0 Å². The summed E-state index contributed by atoms with van der Waals surface area (Å²) in [6.45, 7) is 0.559. The summed E-state index contributed by atoms with van der Waals surface area (Å²) in [5.41, 5.74) is 1.40. The SMILES string of the molecule is O=C(OCc1nc2ccccc2o1)[C@@H]1CCCN1C(=O)NC1CCCCC1. The van der Waals surface area contributed by atoms with Crippen LogP contribution in [0.4, 0.5) is 4.79 Å². The fraction of sp³-hybridized carbons (Fsp3) is 0.550. The molecule has 0 radical (unpaired) electrons. The summed E-state index contributed by atoms with van der Waals surface area (Å²) in [5, 5.41) is 3.09. The Morgan fingerprint density at radius 1 is 1.15 bits per heavy atom. The predicted molar refractivity (Wildman–Crippen MR) is 98.9 cm³/mol. The number of rotatable bonds is 4. The summed E-state index contributed by atoms with van der Waals surface area (Å²) < 4.78 is 11.0. The van der Waals surface area contributed by atoms with Crippen LogP contribution in [-0.2, 0) is 16.1 Å². The van der Waals surface area contributed by atoms with E-state index in [-0.39, 0.29) is 18.7 Å². The highest BCUT2D eigenvalue weighted by Crippen LogP contribution is 2.22. The van der Waals surface area contributed by atoms with Crippen molar-refractivity contribution in [3.63, 3.8) is 0 Å². The molecule has 0 spiro atoms. The number of esters is 1. The van der Waals surface area contributed by atoms with Gasteiger partial charge in [-0.15, -0.1) is 0 Å². The molecule has 144 valence electrons. The Kier molecular flexibility index (Phi) is 5.27. The lowest BCUT2D eigenvalue weighted by Gasteiger charge is -2.28. The molecule has 2 fully saturated rings. The second-order valence-electron chi connectivity index (χ2n) is 7.32. The summed E-state index contributed by atoms with van der Waals surface area (Å²) in [6.07, 6.45) is 7.02. The number of carbonyl (C=O) groups is 2. The van der Waals surface area contributed by atoms with Crippen molar-refractivity contribution < 1.29 is 18.7 Å². The maximum atomic E-state index is 12.6. The zero-order valence-corrected chi connectivity index (χ0v) is 15.4. The van der Waals surface area contributed by atoms with Crippen LogP contribution >= 0.6 is 0 Å². The number of para-hydroxylation sites is 2. The van der Waals surface area contributed by atoms with Gasteiger partial charge in [-0.1, -0.05) is 31.4 Å². The topological polar surface area (TPSA) is 84.7 Å². The Morgan fingerprint density at radius 2 is 1.96 bits per heavy atom. The number of aromatic nitrogens is 1. The van der Waals surface area contributed by atoms with Crippen molar-refractivity contribution in [3.8, 4) is 0 Å². The van der Waals surface area contributed by atoms with Crippen LogP contribution in [-0.4, -0.2) is 40.5 Å². The largest absolute Gasteiger partial charge is 0.454 e. The van der Waals surface area contributed by atoms with Gasteiger partial charge in [-0.3, -0.25) is 0 Å². The number of fused-ring (bicyclic) bond motifs is 1. The highest BCUT2D eigenvalue weighted by Gasteiger charge is 2.36. The Morgan fingerprint density at radius 3 is 2.78 bits per heavy atom. The van der Waals surface area contributed by atoms with Crippen LogP contribution < -0.4 is 5.32 Å². The van der Waals surface area contributed by atoms with Crippen molar-refractivity contribution in [3.05, 3.63) is 30.2 Å². The molecule has 7 nitrogen and oxygen atoms in total. The third-order valence-corrected chi connectivity index (χ3v) is 5.39. The average Bonchev–Trinajstić information content (AvgIpc) is 3.33. The van der Waals surface area contributed by atoms with E-state index in [0.29, 0.717) is 24.4 Å². The molecule has 2 heterocycles. The Labute approximate surface area is 158 Å². The second-order valence-corrected chi connectivity index (χ2v) is 7.32. The first kappa shape index (κ1) is 17.8. The van der Waals surface area contributed by atoms with Gasteiger partial charge in [0.15, 0.2) is 12.2 Å². The zero-order chi connectivity index (χ0) is 18.6. The van der Waals surface area contributed by atoms with Crippen molar-refractivity contribution in [1.82, 2.24) is 15.2 Å². The van der Waals surface area contributed by atoms with Crippen molar-refractivity contribution >= 4 is 23.1 Å². The molecule has 2 aromatic rings. The van der Waals surface area contributed by atoms with Crippen LogP contribution in [0.15, 0.2) is 28.7 Å². The number of oxazole rings is 1. The maximum absolute atomic E-state index is 12.6. The molecule has 1 aliphatic carbocycles. The number of nitrogens with zero attached hydrogens (tertiary/aromatic N) is 2. The van der Waals surface area contributed by atoms with E-state index in [1.807, 2.05) is 24.3 Å². The van der Waals surface area contributed by atoms with Crippen LogP contribution in [0.5, 0.6) is 0 Å². The van der Waals surface area contributed by atoms with E-state index >= 15 is 0 Å². The fourth-order valence-electron chi connectivity index (χ4n) is 3.97. The summed E-state index contributed by atoms with van der Waals surface area (Å²) in [5.74, 6) is -0.0331. The lowest BCUT2D eigenvalue weighted by molar-refractivity contribution is -0.150. The number of carbonyl (C=O) groups excluding carboxylic acids is 2. The summed E-state index contributed by atoms with van der Waals surface area (Å²) in [6, 6.07) is 6.96. The molecule has 0 unspecified atom stereocenters. The van der Waals surface area contributed by atoms with Gasteiger partial charge in [0.2, 0.25) is 5.89 Å². The van der Waals surface area contributed by atoms with Crippen molar-refractivity contribution in [2.24, 2.45) is 0 Å². The van der Waals surface area contributed by atoms with Gasteiger partial charge in [0.1, 0.15) is 11.6 Å². The first-order valence-electron chi connectivity index (χ1n) is 9.79. The van der Waals surface area contributed by atoms with Crippen LogP contribution in [0.3, 0.4) is 0 Å². The Balaban J connectivity index is 1.33. The van der Waals surface area contributed by atoms with Gasteiger partial charge >= 0.3 is 12.0 Å². The number of benzene rings is 1. The van der Waals surface area contributed by atoms with E-state index in [4.69, 9.17) is 9.15 Å². The normalized spacial score (nSPS) is 20.7. The number of urea groups is 1. The van der Waals surface area contributed by atoms with Gasteiger partial charge in [-0.2, -0.15) is 0 Å². The fourth-order valence-corrected chi connectivity index (χ4v) is 3.97. The van der Waals surface area contributed by atoms with Gasteiger partial charge in [0, 0.05) is 12.6 Å². The van der Waals surface area contributed by atoms with Crippen LogP contribution in [0, 0.1) is 0 Å². The molecule has 1 saturated carbocycles. The highest BCUT2D eigenvalue weighted by molar-refractivity contribution is 5.84. The zero-order valence-electron chi connectivity index (χ0n) is 15.4. The Hall–Kier alpha value is -2.57. The van der Waals surface area contributed by atoms with Crippen LogP contribution in [0.1, 0.15) is 50.8 Å². The number of amides is 2. The molecule has 1 aliphatic heterocycles. The maximum Gasteiger partial charge on any atom is 0.329 e. The van der Waals surface area contributed by atoms with E-state index < -0.39 is 12.0 Å². The third-order valence-electron chi connectivity index (χ3n) is 5.39. The quantitative estimate of drug-likeness (QED) is 0.833. The molecule has 1 N–H and O–H groups in total. The van der Waals surface area contributed by atoms with E-state index in [9.17, 15) is 9.59 Å². The van der Waals surface area contributed by atoms with Gasteiger partial charge < -0.3 is 19.4 Å². The molecular weight excluding hydrogens is 346 g/mol. The minimum absolute atomic E-state index is 0.0257. The van der Waals surface area contributed by atoms with Gasteiger partial charge in [-0.25, -0.2) is 14.6 Å². The van der Waals surface area contributed by atoms with Gasteiger partial charge in [-0.05, 0) is 37.8 Å². The average molecular weight is 371 g/mol. The molecule has 7 heteroatoms. The standard InChI is InChI=1S/C20H25N3O4/c24-19(26-13-18-22-15-9-4-5-11-17(15)27-18)16-10-6-12-23(16)20(25)21-14-7-2-1-3-8-14/h4-5,9,11,14,16H,1-3,6-8,10,12-13H2,(H,21,25)/t16-/m0/s1. The summed E-state index contributed by atoms with van der Waals surface area (Å²) in [4.78, 5) is 31.0. The third kappa shape index (κ3) is 4.07. The first-order valence-corrected chi connectivity index (χ1v) is 9.79. The number of likely N-dealkylation sites (tertiary alicyclic amines) is 1. The van der Waals surface area contributed by atoms with Crippen LogP contribution in [0.2, 0.25) is 0 Å².